The first-order valence-corrected chi connectivity index (χ1v) is 5.99. The number of aromatic nitrogens is 2. The molecule has 13 heavy (non-hydrogen) atoms. The highest BCUT2D eigenvalue weighted by Crippen LogP contribution is 2.18. The molecule has 0 saturated heterocycles. The lowest BCUT2D eigenvalue weighted by Crippen LogP contribution is -1.86. The van der Waals surface area contributed by atoms with Crippen molar-refractivity contribution in [3.63, 3.8) is 0 Å². The summed E-state index contributed by atoms with van der Waals surface area (Å²) in [5, 5.41) is 7.19. The molecule has 1 rings (SSSR count). The number of aromatic amines is 1. The Morgan fingerprint density at radius 1 is 1.38 bits per heavy atom. The molecule has 2 nitrogen and oxygen atoms in total. The van der Waals surface area contributed by atoms with E-state index in [1.165, 1.54) is 29.9 Å². The Kier molecular flexibility index (Phi) is 4.36. The van der Waals surface area contributed by atoms with Crippen LogP contribution in [0.4, 0.5) is 0 Å². The summed E-state index contributed by atoms with van der Waals surface area (Å²) < 4.78 is 0. The average molecular weight is 198 g/mol. The molecular weight excluding hydrogens is 180 g/mol. The molecule has 1 N–H and O–H groups in total. The van der Waals surface area contributed by atoms with E-state index in [1.54, 1.807) is 0 Å². The van der Waals surface area contributed by atoms with Gasteiger partial charge in [0, 0.05) is 17.0 Å². The van der Waals surface area contributed by atoms with Gasteiger partial charge >= 0.3 is 0 Å². The summed E-state index contributed by atoms with van der Waals surface area (Å²) in [6.45, 7) is 6.39. The third kappa shape index (κ3) is 3.07. The van der Waals surface area contributed by atoms with Crippen LogP contribution in [0.2, 0.25) is 0 Å². The van der Waals surface area contributed by atoms with Gasteiger partial charge in [0.15, 0.2) is 0 Å². The summed E-state index contributed by atoms with van der Waals surface area (Å²) in [6, 6.07) is 0. The van der Waals surface area contributed by atoms with Crippen molar-refractivity contribution in [3.8, 4) is 0 Å². The van der Waals surface area contributed by atoms with Crippen molar-refractivity contribution >= 4 is 11.8 Å². The number of rotatable bonds is 5. The van der Waals surface area contributed by atoms with Crippen molar-refractivity contribution in [1.29, 1.82) is 0 Å². The molecule has 3 heteroatoms. The zero-order valence-corrected chi connectivity index (χ0v) is 9.50. The molecule has 0 atom stereocenters. The Balaban J connectivity index is 2.36. The fraction of sp³-hybridized carbons (Fsp3) is 0.700. The molecule has 0 aliphatic rings. The van der Waals surface area contributed by atoms with Gasteiger partial charge in [-0.3, -0.25) is 5.10 Å². The lowest BCUT2D eigenvalue weighted by molar-refractivity contribution is 0.896. The van der Waals surface area contributed by atoms with Crippen molar-refractivity contribution in [1.82, 2.24) is 10.2 Å². The first kappa shape index (κ1) is 10.6. The Morgan fingerprint density at radius 3 is 2.69 bits per heavy atom. The molecule has 0 aromatic carbocycles. The van der Waals surface area contributed by atoms with E-state index in [1.807, 2.05) is 11.8 Å². The van der Waals surface area contributed by atoms with E-state index in [9.17, 15) is 0 Å². The summed E-state index contributed by atoms with van der Waals surface area (Å²) in [6.07, 6.45) is 2.61. The van der Waals surface area contributed by atoms with Crippen LogP contribution in [0, 0.1) is 13.8 Å². The van der Waals surface area contributed by atoms with Gasteiger partial charge in [-0.1, -0.05) is 13.3 Å². The van der Waals surface area contributed by atoms with Crippen LogP contribution in [0.1, 0.15) is 36.7 Å². The van der Waals surface area contributed by atoms with Gasteiger partial charge in [-0.25, -0.2) is 0 Å². The molecule has 1 aromatic rings. The molecule has 74 valence electrons. The predicted molar refractivity (Wildman–Crippen MR) is 59.1 cm³/mol. The molecule has 0 unspecified atom stereocenters. The Hall–Kier alpha value is -0.440. The molecule has 0 amide bonds. The molecule has 0 radical (unpaired) electrons. The maximum atomic E-state index is 4.18. The van der Waals surface area contributed by atoms with E-state index < -0.39 is 0 Å². The van der Waals surface area contributed by atoms with Gasteiger partial charge in [0.05, 0.1) is 5.69 Å². The summed E-state index contributed by atoms with van der Waals surface area (Å²) >= 11 is 2.00. The van der Waals surface area contributed by atoms with Crippen LogP contribution < -0.4 is 0 Å². The summed E-state index contributed by atoms with van der Waals surface area (Å²) in [5.74, 6) is 2.37. The highest BCUT2D eigenvalue weighted by molar-refractivity contribution is 7.98. The van der Waals surface area contributed by atoms with Crippen molar-refractivity contribution in [2.45, 2.75) is 39.4 Å². The SMILES string of the molecule is CCCCSCc1c(C)n[nH]c1C. The van der Waals surface area contributed by atoms with E-state index in [-0.39, 0.29) is 0 Å². The molecule has 0 aliphatic heterocycles. The van der Waals surface area contributed by atoms with Gasteiger partial charge in [-0.05, 0) is 26.0 Å². The van der Waals surface area contributed by atoms with Gasteiger partial charge in [-0.2, -0.15) is 16.9 Å². The highest BCUT2D eigenvalue weighted by Gasteiger charge is 2.04. The number of H-pyrrole nitrogens is 1. The number of nitrogens with zero attached hydrogens (tertiary/aromatic N) is 1. The van der Waals surface area contributed by atoms with Gasteiger partial charge in [0.25, 0.3) is 0 Å². The Morgan fingerprint density at radius 2 is 2.15 bits per heavy atom. The number of hydrogen-bond acceptors (Lipinski definition) is 2. The predicted octanol–water partition coefficient (Wildman–Crippen LogP) is 3.06. The summed E-state index contributed by atoms with van der Waals surface area (Å²) in [5.41, 5.74) is 3.77. The lowest BCUT2D eigenvalue weighted by Gasteiger charge is -2.00. The van der Waals surface area contributed by atoms with E-state index in [2.05, 4.69) is 31.0 Å². The third-order valence-electron chi connectivity index (χ3n) is 2.17. The van der Waals surface area contributed by atoms with Crippen LogP contribution in [0.3, 0.4) is 0 Å². The second-order valence-corrected chi connectivity index (χ2v) is 4.42. The number of hydrogen-bond donors (Lipinski definition) is 1. The first-order valence-electron chi connectivity index (χ1n) is 4.84. The molecule has 0 bridgehead atoms. The topological polar surface area (TPSA) is 28.7 Å². The second kappa shape index (κ2) is 5.32. The quantitative estimate of drug-likeness (QED) is 0.737. The van der Waals surface area contributed by atoms with Gasteiger partial charge < -0.3 is 0 Å². The monoisotopic (exact) mass is 198 g/mol. The molecule has 1 heterocycles. The zero-order chi connectivity index (χ0) is 9.68. The van der Waals surface area contributed by atoms with Crippen molar-refractivity contribution in [2.24, 2.45) is 0 Å². The van der Waals surface area contributed by atoms with Crippen LogP contribution in [0.15, 0.2) is 0 Å². The summed E-state index contributed by atoms with van der Waals surface area (Å²) in [7, 11) is 0. The van der Waals surface area contributed by atoms with E-state index >= 15 is 0 Å². The standard InChI is InChI=1S/C10H18N2S/c1-4-5-6-13-7-10-8(2)11-12-9(10)3/h4-7H2,1-3H3,(H,11,12). The molecule has 0 fully saturated rings. The van der Waals surface area contributed by atoms with Gasteiger partial charge in [-0.15, -0.1) is 0 Å². The smallest absolute Gasteiger partial charge is 0.0634 e. The summed E-state index contributed by atoms with van der Waals surface area (Å²) in [4.78, 5) is 0. The molecule has 1 aromatic heterocycles. The van der Waals surface area contributed by atoms with Crippen LogP contribution in [-0.2, 0) is 5.75 Å². The molecular formula is C10H18N2S. The van der Waals surface area contributed by atoms with Crippen LogP contribution >= 0.6 is 11.8 Å². The molecule has 0 aliphatic carbocycles. The van der Waals surface area contributed by atoms with Crippen molar-refractivity contribution in [3.05, 3.63) is 17.0 Å². The Bertz CT molecular complexity index is 236. The van der Waals surface area contributed by atoms with Crippen LogP contribution in [-0.4, -0.2) is 16.0 Å². The lowest BCUT2D eigenvalue weighted by atomic mass is 10.2. The third-order valence-corrected chi connectivity index (χ3v) is 3.24. The second-order valence-electron chi connectivity index (χ2n) is 3.32. The van der Waals surface area contributed by atoms with E-state index in [0.29, 0.717) is 0 Å². The van der Waals surface area contributed by atoms with E-state index in [4.69, 9.17) is 0 Å². The van der Waals surface area contributed by atoms with Crippen molar-refractivity contribution < 1.29 is 0 Å². The molecule has 0 saturated carbocycles. The van der Waals surface area contributed by atoms with Gasteiger partial charge in [0.1, 0.15) is 0 Å². The fourth-order valence-corrected chi connectivity index (χ4v) is 2.47. The highest BCUT2D eigenvalue weighted by atomic mass is 32.2. The minimum atomic E-state index is 1.11. The maximum Gasteiger partial charge on any atom is 0.0634 e. The number of thioether (sulfide) groups is 1. The Labute approximate surface area is 84.5 Å². The number of aryl methyl sites for hydroxylation is 2. The van der Waals surface area contributed by atoms with Crippen molar-refractivity contribution in [2.75, 3.05) is 5.75 Å². The minimum absolute atomic E-state index is 1.11. The normalized spacial score (nSPS) is 10.7. The largest absolute Gasteiger partial charge is 0.282 e. The number of nitrogens with one attached hydrogen (secondary N) is 1. The van der Waals surface area contributed by atoms with Crippen LogP contribution in [0.5, 0.6) is 0 Å². The maximum absolute atomic E-state index is 4.18. The van der Waals surface area contributed by atoms with E-state index in [0.717, 1.165) is 11.4 Å². The first-order chi connectivity index (χ1) is 6.25. The average Bonchev–Trinajstić information content (AvgIpc) is 2.42. The fourth-order valence-electron chi connectivity index (χ4n) is 1.21. The van der Waals surface area contributed by atoms with Gasteiger partial charge in [0.2, 0.25) is 0 Å². The zero-order valence-electron chi connectivity index (χ0n) is 8.68. The van der Waals surface area contributed by atoms with Crippen LogP contribution in [0.25, 0.3) is 0 Å². The number of unbranched alkanes of at least 4 members (excludes halogenated alkanes) is 1. The minimum Gasteiger partial charge on any atom is -0.282 e. The molecule has 0 spiro atoms.